The maximum absolute atomic E-state index is 12.0. The Bertz CT molecular complexity index is 803. The van der Waals surface area contributed by atoms with Gasteiger partial charge in [0.2, 0.25) is 5.91 Å². The van der Waals surface area contributed by atoms with E-state index in [0.717, 1.165) is 21.3 Å². The molecule has 0 aliphatic rings. The van der Waals surface area contributed by atoms with Gasteiger partial charge in [0.25, 0.3) is 0 Å². The lowest BCUT2D eigenvalue weighted by Crippen LogP contribution is -2.12. The molecule has 1 N–H and O–H groups in total. The molecule has 0 unspecified atom stereocenters. The average molecular weight is 402 g/mol. The van der Waals surface area contributed by atoms with E-state index < -0.39 is 0 Å². The molecule has 0 atom stereocenters. The molecule has 1 aromatic carbocycles. The van der Waals surface area contributed by atoms with E-state index in [9.17, 15) is 4.79 Å². The summed E-state index contributed by atoms with van der Waals surface area (Å²) < 4.78 is 1.07. The van der Waals surface area contributed by atoms with Crippen molar-refractivity contribution >= 4 is 38.3 Å². The van der Waals surface area contributed by atoms with E-state index in [2.05, 4.69) is 43.3 Å². The zero-order valence-electron chi connectivity index (χ0n) is 12.9. The van der Waals surface area contributed by atoms with Gasteiger partial charge in [-0.2, -0.15) is 0 Å². The summed E-state index contributed by atoms with van der Waals surface area (Å²) in [5, 5.41) is 3.52. The number of rotatable bonds is 6. The number of nitrogens with one attached hydrogen (secondary N) is 1. The summed E-state index contributed by atoms with van der Waals surface area (Å²) in [5.74, 6) is -0.0246. The molecule has 0 radical (unpaired) electrons. The van der Waals surface area contributed by atoms with Crippen LogP contribution in [0, 0.1) is 0 Å². The van der Waals surface area contributed by atoms with Gasteiger partial charge in [0.1, 0.15) is 0 Å². The van der Waals surface area contributed by atoms with Gasteiger partial charge in [-0.15, -0.1) is 11.3 Å². The number of nitrogens with zero attached hydrogens (tertiary/aromatic N) is 2. The summed E-state index contributed by atoms with van der Waals surface area (Å²) in [6.07, 6.45) is 7.25. The first-order chi connectivity index (χ1) is 11.7. The minimum atomic E-state index is -0.0246. The molecular formula is C18H16BrN3OS. The van der Waals surface area contributed by atoms with Crippen molar-refractivity contribution in [1.29, 1.82) is 0 Å². The van der Waals surface area contributed by atoms with E-state index in [-0.39, 0.29) is 5.91 Å². The number of anilines is 1. The Balaban J connectivity index is 1.51. The molecule has 2 heterocycles. The highest BCUT2D eigenvalue weighted by Gasteiger charge is 2.08. The molecule has 2 aromatic heterocycles. The molecule has 0 saturated heterocycles. The Morgan fingerprint density at radius 1 is 1.12 bits per heavy atom. The molecule has 0 bridgehead atoms. The fraction of sp³-hybridized carbons (Fsp3) is 0.167. The Labute approximate surface area is 153 Å². The number of carbonyl (C=O) groups excluding carboxylic acids is 1. The van der Waals surface area contributed by atoms with Crippen LogP contribution in [0.2, 0.25) is 0 Å². The molecular weight excluding hydrogens is 386 g/mol. The van der Waals surface area contributed by atoms with Gasteiger partial charge < -0.3 is 5.32 Å². The lowest BCUT2D eigenvalue weighted by atomic mass is 10.1. The second-order valence-electron chi connectivity index (χ2n) is 5.34. The Morgan fingerprint density at radius 2 is 1.96 bits per heavy atom. The number of amides is 1. The zero-order valence-corrected chi connectivity index (χ0v) is 15.3. The maximum Gasteiger partial charge on any atom is 0.226 e. The van der Waals surface area contributed by atoms with Gasteiger partial charge in [0, 0.05) is 40.8 Å². The number of benzene rings is 1. The number of hydrogen-bond donors (Lipinski definition) is 1. The third-order valence-electron chi connectivity index (χ3n) is 3.46. The van der Waals surface area contributed by atoms with Crippen molar-refractivity contribution in [2.24, 2.45) is 0 Å². The monoisotopic (exact) mass is 401 g/mol. The van der Waals surface area contributed by atoms with Crippen molar-refractivity contribution in [3.8, 4) is 0 Å². The minimum absolute atomic E-state index is 0.0246. The molecule has 0 spiro atoms. The van der Waals surface area contributed by atoms with Crippen LogP contribution in [0.1, 0.15) is 22.4 Å². The zero-order chi connectivity index (χ0) is 16.8. The van der Waals surface area contributed by atoms with Gasteiger partial charge in [-0.3, -0.25) is 9.78 Å². The van der Waals surface area contributed by atoms with Gasteiger partial charge >= 0.3 is 0 Å². The van der Waals surface area contributed by atoms with Gasteiger partial charge in [0.15, 0.2) is 5.13 Å². The molecule has 0 saturated carbocycles. The van der Waals surface area contributed by atoms with Crippen LogP contribution in [0.15, 0.2) is 59.5 Å². The quantitative estimate of drug-likeness (QED) is 0.662. The van der Waals surface area contributed by atoms with E-state index in [4.69, 9.17) is 0 Å². The maximum atomic E-state index is 12.0. The van der Waals surface area contributed by atoms with E-state index in [0.29, 0.717) is 18.0 Å². The molecule has 0 aliphatic carbocycles. The van der Waals surface area contributed by atoms with E-state index in [1.54, 1.807) is 12.4 Å². The number of aromatic nitrogens is 2. The number of carbonyl (C=O) groups is 1. The minimum Gasteiger partial charge on any atom is -0.302 e. The first-order valence-corrected chi connectivity index (χ1v) is 9.18. The largest absolute Gasteiger partial charge is 0.302 e. The van der Waals surface area contributed by atoms with Gasteiger partial charge in [-0.05, 0) is 35.7 Å². The highest BCUT2D eigenvalue weighted by Crippen LogP contribution is 2.22. The van der Waals surface area contributed by atoms with Crippen molar-refractivity contribution in [1.82, 2.24) is 9.97 Å². The van der Waals surface area contributed by atoms with Crippen LogP contribution >= 0.6 is 27.3 Å². The number of hydrogen-bond acceptors (Lipinski definition) is 4. The Morgan fingerprint density at radius 3 is 2.71 bits per heavy atom. The van der Waals surface area contributed by atoms with Crippen molar-refractivity contribution in [3.05, 3.63) is 75.5 Å². The van der Waals surface area contributed by atoms with Crippen LogP contribution in [0.4, 0.5) is 5.13 Å². The summed E-state index contributed by atoms with van der Waals surface area (Å²) in [4.78, 5) is 21.5. The number of halogens is 1. The van der Waals surface area contributed by atoms with Crippen molar-refractivity contribution in [2.75, 3.05) is 5.32 Å². The summed E-state index contributed by atoms with van der Waals surface area (Å²) in [6, 6.07) is 12.1. The highest BCUT2D eigenvalue weighted by molar-refractivity contribution is 9.10. The smallest absolute Gasteiger partial charge is 0.226 e. The number of aryl methyl sites for hydroxylation is 1. The van der Waals surface area contributed by atoms with E-state index in [1.165, 1.54) is 16.9 Å². The summed E-state index contributed by atoms with van der Waals surface area (Å²) in [6.45, 7) is 0. The van der Waals surface area contributed by atoms with Crippen molar-refractivity contribution in [2.45, 2.75) is 19.3 Å². The predicted octanol–water partition coefficient (Wildman–Crippen LogP) is 4.46. The summed E-state index contributed by atoms with van der Waals surface area (Å²) in [7, 11) is 0. The van der Waals surface area contributed by atoms with Crippen LogP contribution in [0.25, 0.3) is 0 Å². The molecule has 122 valence electrons. The second-order valence-corrected chi connectivity index (χ2v) is 7.38. The van der Waals surface area contributed by atoms with Crippen molar-refractivity contribution < 1.29 is 4.79 Å². The normalized spacial score (nSPS) is 10.5. The highest BCUT2D eigenvalue weighted by atomic mass is 79.9. The molecule has 6 heteroatoms. The van der Waals surface area contributed by atoms with E-state index >= 15 is 0 Å². The molecule has 0 fully saturated rings. The first kappa shape index (κ1) is 16.8. The molecule has 3 aromatic rings. The molecule has 1 amide bonds. The van der Waals surface area contributed by atoms with Crippen molar-refractivity contribution in [3.63, 3.8) is 0 Å². The van der Waals surface area contributed by atoms with Crippen LogP contribution in [0.5, 0.6) is 0 Å². The molecule has 0 aliphatic heterocycles. The van der Waals surface area contributed by atoms with Gasteiger partial charge in [0.05, 0.1) is 0 Å². The SMILES string of the molecule is O=C(CCc1cccnc1)Nc1ncc(Cc2ccc(Br)cc2)s1. The van der Waals surface area contributed by atoms with Crippen LogP contribution in [-0.4, -0.2) is 15.9 Å². The third-order valence-corrected chi connectivity index (χ3v) is 4.90. The van der Waals surface area contributed by atoms with Crippen LogP contribution in [0.3, 0.4) is 0 Å². The molecule has 24 heavy (non-hydrogen) atoms. The summed E-state index contributed by atoms with van der Waals surface area (Å²) in [5.41, 5.74) is 2.28. The van der Waals surface area contributed by atoms with Crippen LogP contribution in [-0.2, 0) is 17.6 Å². The predicted molar refractivity (Wildman–Crippen MR) is 100 cm³/mol. The fourth-order valence-electron chi connectivity index (χ4n) is 2.24. The van der Waals surface area contributed by atoms with Gasteiger partial charge in [-0.1, -0.05) is 34.1 Å². The number of pyridine rings is 1. The Kier molecular flexibility index (Phi) is 5.72. The first-order valence-electron chi connectivity index (χ1n) is 7.57. The fourth-order valence-corrected chi connectivity index (χ4v) is 3.36. The third kappa shape index (κ3) is 4.97. The average Bonchev–Trinajstić information content (AvgIpc) is 3.03. The standard InChI is InChI=1S/C18H16BrN3OS/c19-15-6-3-13(4-7-15)10-16-12-21-18(24-16)22-17(23)8-5-14-2-1-9-20-11-14/h1-4,6-7,9,11-12H,5,8,10H2,(H,21,22,23). The molecule has 4 nitrogen and oxygen atoms in total. The summed E-state index contributed by atoms with van der Waals surface area (Å²) >= 11 is 4.95. The number of thiazole rings is 1. The second kappa shape index (κ2) is 8.17. The topological polar surface area (TPSA) is 54.9 Å². The lowest BCUT2D eigenvalue weighted by Gasteiger charge is -2.02. The van der Waals surface area contributed by atoms with Crippen LogP contribution < -0.4 is 5.32 Å². The lowest BCUT2D eigenvalue weighted by molar-refractivity contribution is -0.116. The molecule has 3 rings (SSSR count). The van der Waals surface area contributed by atoms with E-state index in [1.807, 2.05) is 30.5 Å². The Hall–Kier alpha value is -2.05. The van der Waals surface area contributed by atoms with Gasteiger partial charge in [-0.25, -0.2) is 4.98 Å².